The highest BCUT2D eigenvalue weighted by atomic mass is 79.9. The number of nitrogens with zero attached hydrogens (tertiary/aromatic N) is 2. The van der Waals surface area contributed by atoms with Crippen molar-refractivity contribution in [1.29, 1.82) is 0 Å². The molecule has 0 radical (unpaired) electrons. The van der Waals surface area contributed by atoms with Crippen molar-refractivity contribution in [2.24, 2.45) is 0 Å². The first kappa shape index (κ1) is 30.8. The van der Waals surface area contributed by atoms with Gasteiger partial charge in [0.25, 0.3) is 0 Å². The van der Waals surface area contributed by atoms with Crippen LogP contribution in [0.4, 0.5) is 5.69 Å². The van der Waals surface area contributed by atoms with Gasteiger partial charge in [0.1, 0.15) is 12.6 Å². The van der Waals surface area contributed by atoms with Gasteiger partial charge in [-0.1, -0.05) is 81.2 Å². The Morgan fingerprint density at radius 1 is 0.949 bits per heavy atom. The average molecular weight is 679 g/mol. The summed E-state index contributed by atoms with van der Waals surface area (Å²) in [6.45, 7) is 3.98. The van der Waals surface area contributed by atoms with Crippen molar-refractivity contribution in [2.75, 3.05) is 23.7 Å². The number of hydrogen-bond donors (Lipinski definition) is 1. The summed E-state index contributed by atoms with van der Waals surface area (Å²) < 4.78 is 28.6. The number of carbonyl (C=O) groups excluding carboxylic acids is 2. The lowest BCUT2D eigenvalue weighted by molar-refractivity contribution is -0.140. The molecule has 10 heteroatoms. The quantitative estimate of drug-likeness (QED) is 0.276. The fourth-order valence-corrected chi connectivity index (χ4v) is 5.46. The third kappa shape index (κ3) is 8.91. The van der Waals surface area contributed by atoms with Crippen LogP contribution < -0.4 is 9.62 Å². The molecule has 3 aromatic rings. The van der Waals surface area contributed by atoms with E-state index in [9.17, 15) is 18.0 Å². The standard InChI is InChI=1S/C29H33Br2N3O4S/c1-4-16-32-29(36)27(18-22-8-6-5-7-9-22)33(19-23-10-12-24(30)13-11-23)28(35)20-34(39(3,37)38)25-14-15-26(31)21(2)17-25/h5-15,17,27H,4,16,18-20H2,1-3H3,(H,32,36)/t27-/m0/s1. The topological polar surface area (TPSA) is 86.8 Å². The highest BCUT2D eigenvalue weighted by molar-refractivity contribution is 9.10. The summed E-state index contributed by atoms with van der Waals surface area (Å²) in [5.41, 5.74) is 2.93. The molecule has 0 unspecified atom stereocenters. The van der Waals surface area contributed by atoms with Gasteiger partial charge in [0.2, 0.25) is 21.8 Å². The lowest BCUT2D eigenvalue weighted by atomic mass is 10.0. The highest BCUT2D eigenvalue weighted by Gasteiger charge is 2.33. The Morgan fingerprint density at radius 3 is 2.21 bits per heavy atom. The molecule has 0 aromatic heterocycles. The van der Waals surface area contributed by atoms with E-state index < -0.39 is 28.5 Å². The second-order valence-electron chi connectivity index (χ2n) is 9.35. The number of amides is 2. The third-order valence-electron chi connectivity index (χ3n) is 6.20. The van der Waals surface area contributed by atoms with Crippen LogP contribution in [0.1, 0.15) is 30.0 Å². The molecule has 0 aliphatic carbocycles. The van der Waals surface area contributed by atoms with Gasteiger partial charge in [-0.15, -0.1) is 0 Å². The Morgan fingerprint density at radius 2 is 1.62 bits per heavy atom. The molecule has 0 spiro atoms. The molecule has 0 heterocycles. The molecule has 1 N–H and O–H groups in total. The van der Waals surface area contributed by atoms with Crippen LogP contribution in [-0.4, -0.2) is 50.5 Å². The fourth-order valence-electron chi connectivity index (χ4n) is 4.10. The van der Waals surface area contributed by atoms with Gasteiger partial charge in [-0.2, -0.15) is 0 Å². The largest absolute Gasteiger partial charge is 0.354 e. The Bertz CT molecular complexity index is 1380. The van der Waals surface area contributed by atoms with Crippen molar-refractivity contribution >= 4 is 59.4 Å². The molecule has 2 amide bonds. The minimum Gasteiger partial charge on any atom is -0.354 e. The first-order valence-corrected chi connectivity index (χ1v) is 16.0. The van der Waals surface area contributed by atoms with Gasteiger partial charge in [-0.3, -0.25) is 13.9 Å². The summed E-state index contributed by atoms with van der Waals surface area (Å²) >= 11 is 6.88. The van der Waals surface area contributed by atoms with E-state index in [0.717, 1.165) is 42.6 Å². The molecular weight excluding hydrogens is 646 g/mol. The zero-order valence-electron chi connectivity index (χ0n) is 22.2. The molecule has 7 nitrogen and oxygen atoms in total. The SMILES string of the molecule is CCCNC(=O)[C@H](Cc1ccccc1)N(Cc1ccc(Br)cc1)C(=O)CN(c1ccc(Br)c(C)c1)S(C)(=O)=O. The maximum absolute atomic E-state index is 14.0. The highest BCUT2D eigenvalue weighted by Crippen LogP contribution is 2.25. The predicted molar refractivity (Wildman–Crippen MR) is 163 cm³/mol. The summed E-state index contributed by atoms with van der Waals surface area (Å²) in [6.07, 6.45) is 2.11. The molecule has 0 saturated heterocycles. The summed E-state index contributed by atoms with van der Waals surface area (Å²) in [4.78, 5) is 29.0. The Hall–Kier alpha value is -2.69. The molecule has 0 saturated carbocycles. The summed E-state index contributed by atoms with van der Waals surface area (Å²) in [6, 6.07) is 21.3. The van der Waals surface area contributed by atoms with Gasteiger partial charge >= 0.3 is 0 Å². The zero-order valence-corrected chi connectivity index (χ0v) is 26.2. The lowest BCUT2D eigenvalue weighted by Gasteiger charge is -2.33. The first-order chi connectivity index (χ1) is 18.5. The van der Waals surface area contributed by atoms with Gasteiger partial charge in [0, 0.05) is 28.5 Å². The smallest absolute Gasteiger partial charge is 0.244 e. The zero-order chi connectivity index (χ0) is 28.6. The summed E-state index contributed by atoms with van der Waals surface area (Å²) in [7, 11) is -3.81. The van der Waals surface area contributed by atoms with Crippen LogP contribution in [0.3, 0.4) is 0 Å². The number of anilines is 1. The van der Waals surface area contributed by atoms with E-state index in [1.165, 1.54) is 4.90 Å². The predicted octanol–water partition coefficient (Wildman–Crippen LogP) is 5.45. The minimum atomic E-state index is -3.81. The van der Waals surface area contributed by atoms with Crippen LogP contribution >= 0.6 is 31.9 Å². The van der Waals surface area contributed by atoms with Gasteiger partial charge in [-0.05, 0) is 60.4 Å². The second-order valence-corrected chi connectivity index (χ2v) is 13.0. The molecule has 3 aromatic carbocycles. The average Bonchev–Trinajstić information content (AvgIpc) is 2.90. The van der Waals surface area contributed by atoms with E-state index >= 15 is 0 Å². The maximum atomic E-state index is 14.0. The number of rotatable bonds is 12. The monoisotopic (exact) mass is 677 g/mol. The van der Waals surface area contributed by atoms with E-state index in [-0.39, 0.29) is 18.9 Å². The number of carbonyl (C=O) groups is 2. The minimum absolute atomic E-state index is 0.139. The van der Waals surface area contributed by atoms with Crippen molar-refractivity contribution in [3.63, 3.8) is 0 Å². The van der Waals surface area contributed by atoms with Crippen LogP contribution in [0.2, 0.25) is 0 Å². The molecule has 0 bridgehead atoms. The van der Waals surface area contributed by atoms with Crippen molar-refractivity contribution in [3.05, 3.63) is 98.4 Å². The van der Waals surface area contributed by atoms with Crippen molar-refractivity contribution in [2.45, 2.75) is 39.3 Å². The van der Waals surface area contributed by atoms with Gasteiger partial charge in [-0.25, -0.2) is 8.42 Å². The van der Waals surface area contributed by atoms with Crippen molar-refractivity contribution in [1.82, 2.24) is 10.2 Å². The number of sulfonamides is 1. The molecule has 3 rings (SSSR count). The van der Waals surface area contributed by atoms with Gasteiger partial charge in [0.05, 0.1) is 11.9 Å². The number of benzene rings is 3. The van der Waals surface area contributed by atoms with E-state index in [1.807, 2.05) is 68.4 Å². The maximum Gasteiger partial charge on any atom is 0.244 e. The van der Waals surface area contributed by atoms with E-state index in [1.54, 1.807) is 18.2 Å². The lowest BCUT2D eigenvalue weighted by Crippen LogP contribution is -2.53. The normalized spacial score (nSPS) is 12.0. The number of nitrogens with one attached hydrogen (secondary N) is 1. The molecule has 0 fully saturated rings. The molecule has 0 aliphatic heterocycles. The van der Waals surface area contributed by atoms with Crippen molar-refractivity contribution < 1.29 is 18.0 Å². The number of halogens is 2. The number of hydrogen-bond acceptors (Lipinski definition) is 4. The summed E-state index contributed by atoms with van der Waals surface area (Å²) in [5.74, 6) is -0.756. The van der Waals surface area contributed by atoms with Crippen LogP contribution in [0, 0.1) is 6.92 Å². The fraction of sp³-hybridized carbons (Fsp3) is 0.310. The van der Waals surface area contributed by atoms with E-state index in [2.05, 4.69) is 37.2 Å². The van der Waals surface area contributed by atoms with E-state index in [4.69, 9.17) is 0 Å². The van der Waals surface area contributed by atoms with Crippen LogP contribution in [0.5, 0.6) is 0 Å². The molecule has 1 atom stereocenters. The Kier molecular flexibility index (Phi) is 11.1. The molecular formula is C29H33Br2N3O4S. The Labute approximate surface area is 247 Å². The van der Waals surface area contributed by atoms with Gasteiger partial charge in [0.15, 0.2) is 0 Å². The van der Waals surface area contributed by atoms with Crippen LogP contribution in [-0.2, 0) is 32.6 Å². The van der Waals surface area contributed by atoms with Crippen LogP contribution in [0.15, 0.2) is 81.7 Å². The first-order valence-electron chi connectivity index (χ1n) is 12.6. The van der Waals surface area contributed by atoms with E-state index in [0.29, 0.717) is 12.2 Å². The number of aryl methyl sites for hydroxylation is 1. The summed E-state index contributed by atoms with van der Waals surface area (Å²) in [5, 5.41) is 2.93. The third-order valence-corrected chi connectivity index (χ3v) is 8.75. The molecule has 208 valence electrons. The Balaban J connectivity index is 2.04. The van der Waals surface area contributed by atoms with Crippen LogP contribution in [0.25, 0.3) is 0 Å². The second kappa shape index (κ2) is 14.1. The molecule has 39 heavy (non-hydrogen) atoms. The van der Waals surface area contributed by atoms with Gasteiger partial charge < -0.3 is 10.2 Å². The van der Waals surface area contributed by atoms with Crippen molar-refractivity contribution in [3.8, 4) is 0 Å². The molecule has 0 aliphatic rings.